The van der Waals surface area contributed by atoms with Crippen molar-refractivity contribution in [3.63, 3.8) is 0 Å². The molecule has 5 heteroatoms. The van der Waals surface area contributed by atoms with Crippen LogP contribution in [0.4, 0.5) is 4.39 Å². The summed E-state index contributed by atoms with van der Waals surface area (Å²) < 4.78 is 14.4. The summed E-state index contributed by atoms with van der Waals surface area (Å²) in [6.07, 6.45) is 0. The Hall–Kier alpha value is -1.72. The predicted octanol–water partition coefficient (Wildman–Crippen LogP) is 3.75. The summed E-state index contributed by atoms with van der Waals surface area (Å²) in [5, 5.41) is 3.19. The monoisotopic (exact) mass is 333 g/mol. The van der Waals surface area contributed by atoms with E-state index in [4.69, 9.17) is 0 Å². The maximum absolute atomic E-state index is 13.7. The van der Waals surface area contributed by atoms with Gasteiger partial charge in [0.2, 0.25) is 0 Å². The van der Waals surface area contributed by atoms with Crippen LogP contribution in [0.1, 0.15) is 11.4 Å². The van der Waals surface area contributed by atoms with Crippen molar-refractivity contribution >= 4 is 27.0 Å². The normalized spacial score (nSPS) is 11.1. The zero-order chi connectivity index (χ0) is 13.9. The number of benzene rings is 2. The minimum atomic E-state index is -0.212. The first kappa shape index (κ1) is 13.3. The Morgan fingerprint density at radius 2 is 2.00 bits per heavy atom. The Bertz CT molecular complexity index is 706. The van der Waals surface area contributed by atoms with E-state index in [2.05, 4.69) is 31.2 Å². The SMILES string of the molecule is Fc1cc(Br)ccc1CNCc1nc2ccccc2[nH]1. The van der Waals surface area contributed by atoms with Gasteiger partial charge in [0.05, 0.1) is 17.6 Å². The van der Waals surface area contributed by atoms with Crippen molar-refractivity contribution in [2.24, 2.45) is 0 Å². The standard InChI is InChI=1S/C15H13BrFN3/c16-11-6-5-10(12(17)7-11)8-18-9-15-19-13-3-1-2-4-14(13)20-15/h1-7,18H,8-9H2,(H,19,20). The second-order valence-corrected chi connectivity index (χ2v) is 5.46. The fraction of sp³-hybridized carbons (Fsp3) is 0.133. The first-order valence-electron chi connectivity index (χ1n) is 6.30. The van der Waals surface area contributed by atoms with Crippen LogP contribution in [0.5, 0.6) is 0 Å². The lowest BCUT2D eigenvalue weighted by molar-refractivity contribution is 0.583. The number of aromatic amines is 1. The molecule has 0 atom stereocenters. The van der Waals surface area contributed by atoms with Gasteiger partial charge in [-0.1, -0.05) is 34.1 Å². The van der Waals surface area contributed by atoms with Crippen LogP contribution in [-0.2, 0) is 13.1 Å². The van der Waals surface area contributed by atoms with E-state index >= 15 is 0 Å². The zero-order valence-corrected chi connectivity index (χ0v) is 12.2. The number of hydrogen-bond acceptors (Lipinski definition) is 2. The molecule has 0 spiro atoms. The molecule has 0 bridgehead atoms. The molecule has 0 saturated heterocycles. The first-order chi connectivity index (χ1) is 9.72. The van der Waals surface area contributed by atoms with Gasteiger partial charge in [0.1, 0.15) is 11.6 Å². The van der Waals surface area contributed by atoms with Crippen LogP contribution in [0.2, 0.25) is 0 Å². The largest absolute Gasteiger partial charge is 0.341 e. The van der Waals surface area contributed by atoms with Crippen molar-refractivity contribution < 1.29 is 4.39 Å². The summed E-state index contributed by atoms with van der Waals surface area (Å²) in [5.74, 6) is 0.639. The van der Waals surface area contributed by atoms with E-state index < -0.39 is 0 Å². The van der Waals surface area contributed by atoms with Crippen LogP contribution in [0, 0.1) is 5.82 Å². The minimum Gasteiger partial charge on any atom is -0.341 e. The predicted molar refractivity (Wildman–Crippen MR) is 80.7 cm³/mol. The molecule has 1 heterocycles. The van der Waals surface area contributed by atoms with Crippen LogP contribution < -0.4 is 5.32 Å². The van der Waals surface area contributed by atoms with Crippen LogP contribution in [0.25, 0.3) is 11.0 Å². The van der Waals surface area contributed by atoms with Crippen LogP contribution >= 0.6 is 15.9 Å². The van der Waals surface area contributed by atoms with Gasteiger partial charge >= 0.3 is 0 Å². The summed E-state index contributed by atoms with van der Waals surface area (Å²) in [4.78, 5) is 7.69. The molecule has 2 aromatic carbocycles. The Morgan fingerprint density at radius 1 is 1.15 bits per heavy atom. The number of hydrogen-bond donors (Lipinski definition) is 2. The average Bonchev–Trinajstić information content (AvgIpc) is 2.84. The van der Waals surface area contributed by atoms with Gasteiger partial charge < -0.3 is 10.3 Å². The maximum Gasteiger partial charge on any atom is 0.128 e. The lowest BCUT2D eigenvalue weighted by Gasteiger charge is -2.04. The Labute approximate surface area is 124 Å². The van der Waals surface area contributed by atoms with Gasteiger partial charge in [0.25, 0.3) is 0 Å². The highest BCUT2D eigenvalue weighted by atomic mass is 79.9. The average molecular weight is 334 g/mol. The Balaban J connectivity index is 1.64. The van der Waals surface area contributed by atoms with Crippen molar-refractivity contribution in [1.29, 1.82) is 0 Å². The zero-order valence-electron chi connectivity index (χ0n) is 10.7. The molecule has 3 nitrogen and oxygen atoms in total. The highest BCUT2D eigenvalue weighted by Crippen LogP contribution is 2.15. The van der Waals surface area contributed by atoms with E-state index in [0.29, 0.717) is 18.7 Å². The number of nitrogens with zero attached hydrogens (tertiary/aromatic N) is 1. The molecule has 0 aliphatic carbocycles. The molecule has 0 fully saturated rings. The summed E-state index contributed by atoms with van der Waals surface area (Å²) in [7, 11) is 0. The smallest absolute Gasteiger partial charge is 0.128 e. The Kier molecular flexibility index (Phi) is 3.80. The fourth-order valence-electron chi connectivity index (χ4n) is 2.07. The lowest BCUT2D eigenvalue weighted by atomic mass is 10.2. The molecule has 0 saturated carbocycles. The number of fused-ring (bicyclic) bond motifs is 1. The quantitative estimate of drug-likeness (QED) is 0.763. The van der Waals surface area contributed by atoms with Gasteiger partial charge in [-0.25, -0.2) is 9.37 Å². The van der Waals surface area contributed by atoms with E-state index in [9.17, 15) is 4.39 Å². The molecule has 1 aromatic heterocycles. The third kappa shape index (κ3) is 2.89. The van der Waals surface area contributed by atoms with E-state index in [1.807, 2.05) is 30.3 Å². The van der Waals surface area contributed by atoms with Gasteiger partial charge in [-0.3, -0.25) is 0 Å². The summed E-state index contributed by atoms with van der Waals surface area (Å²) in [6.45, 7) is 1.04. The van der Waals surface area contributed by atoms with E-state index in [-0.39, 0.29) is 5.82 Å². The second-order valence-electron chi connectivity index (χ2n) is 4.54. The lowest BCUT2D eigenvalue weighted by Crippen LogP contribution is -2.14. The molecule has 2 N–H and O–H groups in total. The summed E-state index contributed by atoms with van der Waals surface area (Å²) >= 11 is 3.25. The highest BCUT2D eigenvalue weighted by Gasteiger charge is 2.04. The maximum atomic E-state index is 13.7. The van der Waals surface area contributed by atoms with Gasteiger partial charge in [0, 0.05) is 16.6 Å². The number of imidazole rings is 1. The molecule has 102 valence electrons. The highest BCUT2D eigenvalue weighted by molar-refractivity contribution is 9.10. The molecular formula is C15H13BrFN3. The number of aromatic nitrogens is 2. The van der Waals surface area contributed by atoms with Gasteiger partial charge in [-0.2, -0.15) is 0 Å². The number of nitrogens with one attached hydrogen (secondary N) is 2. The topological polar surface area (TPSA) is 40.7 Å². The molecule has 0 radical (unpaired) electrons. The molecule has 0 unspecified atom stereocenters. The third-order valence-corrected chi connectivity index (χ3v) is 3.55. The molecule has 20 heavy (non-hydrogen) atoms. The molecule has 0 aliphatic rings. The van der Waals surface area contributed by atoms with E-state index in [0.717, 1.165) is 21.3 Å². The molecule has 3 aromatic rings. The van der Waals surface area contributed by atoms with Crippen molar-refractivity contribution in [2.45, 2.75) is 13.1 Å². The van der Waals surface area contributed by atoms with E-state index in [1.165, 1.54) is 6.07 Å². The van der Waals surface area contributed by atoms with Gasteiger partial charge in [0.15, 0.2) is 0 Å². The second kappa shape index (κ2) is 5.73. The Morgan fingerprint density at radius 3 is 2.80 bits per heavy atom. The third-order valence-electron chi connectivity index (χ3n) is 3.06. The first-order valence-corrected chi connectivity index (χ1v) is 7.10. The number of halogens is 2. The van der Waals surface area contributed by atoms with Crippen molar-refractivity contribution in [3.05, 3.63) is 64.1 Å². The summed E-state index contributed by atoms with van der Waals surface area (Å²) in [6, 6.07) is 12.9. The number of H-pyrrole nitrogens is 1. The molecular weight excluding hydrogens is 321 g/mol. The van der Waals surface area contributed by atoms with Gasteiger partial charge in [-0.15, -0.1) is 0 Å². The van der Waals surface area contributed by atoms with Crippen LogP contribution in [0.3, 0.4) is 0 Å². The van der Waals surface area contributed by atoms with Crippen molar-refractivity contribution in [3.8, 4) is 0 Å². The van der Waals surface area contributed by atoms with Crippen LogP contribution in [0.15, 0.2) is 46.9 Å². The van der Waals surface area contributed by atoms with Crippen molar-refractivity contribution in [1.82, 2.24) is 15.3 Å². The summed E-state index contributed by atoms with van der Waals surface area (Å²) in [5.41, 5.74) is 2.60. The molecule has 0 amide bonds. The van der Waals surface area contributed by atoms with Gasteiger partial charge in [-0.05, 0) is 24.3 Å². The number of rotatable bonds is 4. The van der Waals surface area contributed by atoms with Crippen molar-refractivity contribution in [2.75, 3.05) is 0 Å². The minimum absolute atomic E-state index is 0.212. The van der Waals surface area contributed by atoms with E-state index in [1.54, 1.807) is 6.07 Å². The molecule has 3 rings (SSSR count). The van der Waals surface area contributed by atoms with Crippen LogP contribution in [-0.4, -0.2) is 9.97 Å². The number of para-hydroxylation sites is 2. The fourth-order valence-corrected chi connectivity index (χ4v) is 2.40. The molecule has 0 aliphatic heterocycles.